The van der Waals surface area contributed by atoms with Crippen LogP contribution in [0.2, 0.25) is 0 Å². The lowest BCUT2D eigenvalue weighted by molar-refractivity contribution is -0.139. The largest absolute Gasteiger partial charge is 0.480 e. The molecule has 2 aromatic carbocycles. The minimum Gasteiger partial charge on any atom is -0.480 e. The number of carboxylic acids is 1. The molecule has 0 aromatic heterocycles. The molecule has 0 aliphatic rings. The van der Waals surface area contributed by atoms with Crippen LogP contribution >= 0.6 is 0 Å². The van der Waals surface area contributed by atoms with Gasteiger partial charge in [0, 0.05) is 13.0 Å². The quantitative estimate of drug-likeness (QED) is 0.655. The molecule has 0 saturated carbocycles. The fourth-order valence-electron chi connectivity index (χ4n) is 2.14. The number of carbonyl (C=O) groups is 2. The highest BCUT2D eigenvalue weighted by molar-refractivity contribution is 5.77. The molecule has 0 aliphatic heterocycles. The topological polar surface area (TPSA) is 102 Å². The molecule has 2 aromatic rings. The van der Waals surface area contributed by atoms with Crippen molar-refractivity contribution in [2.24, 2.45) is 5.73 Å². The minimum absolute atomic E-state index is 0.0355. The van der Waals surface area contributed by atoms with Gasteiger partial charge in [-0.25, -0.2) is 0 Å². The number of hydrogen-bond donors (Lipinski definition) is 3. The second-order valence-electron chi connectivity index (χ2n) is 5.34. The summed E-state index contributed by atoms with van der Waals surface area (Å²) >= 11 is 0. The number of primary amides is 1. The van der Waals surface area contributed by atoms with Crippen LogP contribution in [0.15, 0.2) is 54.6 Å². The lowest BCUT2D eigenvalue weighted by Gasteiger charge is -2.14. The molecule has 0 unspecified atom stereocenters. The highest BCUT2D eigenvalue weighted by Gasteiger charge is 2.17. The Morgan fingerprint density at radius 1 is 1.04 bits per heavy atom. The Bertz CT molecular complexity index is 671. The standard InChI is InChI=1S/C18H20N2O4/c19-17(21)11-10-16(18(22)23)20-12-13-6-8-15(9-7-13)24-14-4-2-1-3-5-14/h1-9,16,20H,10-12H2,(H2,19,21)(H,22,23)/t16-/m0/s1. The number of ether oxygens (including phenoxy) is 1. The van der Waals surface area contributed by atoms with Gasteiger partial charge in [-0.05, 0) is 36.2 Å². The molecule has 0 radical (unpaired) electrons. The fourth-order valence-corrected chi connectivity index (χ4v) is 2.14. The van der Waals surface area contributed by atoms with Crippen LogP contribution in [0.25, 0.3) is 0 Å². The predicted molar refractivity (Wildman–Crippen MR) is 89.6 cm³/mol. The van der Waals surface area contributed by atoms with Crippen LogP contribution in [0.1, 0.15) is 18.4 Å². The van der Waals surface area contributed by atoms with Crippen molar-refractivity contribution >= 4 is 11.9 Å². The monoisotopic (exact) mass is 328 g/mol. The van der Waals surface area contributed by atoms with Crippen LogP contribution in [0.5, 0.6) is 11.5 Å². The van der Waals surface area contributed by atoms with Crippen LogP contribution in [0, 0.1) is 0 Å². The molecule has 24 heavy (non-hydrogen) atoms. The maximum atomic E-state index is 11.2. The Balaban J connectivity index is 1.88. The van der Waals surface area contributed by atoms with Gasteiger partial charge in [-0.2, -0.15) is 0 Å². The molecule has 0 saturated heterocycles. The van der Waals surface area contributed by atoms with Gasteiger partial charge in [0.2, 0.25) is 5.91 Å². The van der Waals surface area contributed by atoms with Gasteiger partial charge >= 0.3 is 5.97 Å². The van der Waals surface area contributed by atoms with Crippen LogP contribution in [0.3, 0.4) is 0 Å². The summed E-state index contributed by atoms with van der Waals surface area (Å²) < 4.78 is 5.70. The van der Waals surface area contributed by atoms with Crippen LogP contribution in [0.4, 0.5) is 0 Å². The Morgan fingerprint density at radius 2 is 1.67 bits per heavy atom. The molecule has 6 heteroatoms. The first-order chi connectivity index (χ1) is 11.5. The summed E-state index contributed by atoms with van der Waals surface area (Å²) in [4.78, 5) is 21.9. The number of nitrogens with two attached hydrogens (primary N) is 1. The van der Waals surface area contributed by atoms with Crippen molar-refractivity contribution in [1.29, 1.82) is 0 Å². The molecule has 4 N–H and O–H groups in total. The third-order valence-electron chi connectivity index (χ3n) is 3.43. The zero-order valence-electron chi connectivity index (χ0n) is 13.1. The van der Waals surface area contributed by atoms with Gasteiger partial charge in [-0.15, -0.1) is 0 Å². The zero-order chi connectivity index (χ0) is 17.4. The maximum Gasteiger partial charge on any atom is 0.320 e. The highest BCUT2D eigenvalue weighted by atomic mass is 16.5. The minimum atomic E-state index is -1.000. The number of benzene rings is 2. The third-order valence-corrected chi connectivity index (χ3v) is 3.43. The smallest absolute Gasteiger partial charge is 0.320 e. The van der Waals surface area contributed by atoms with E-state index in [9.17, 15) is 9.59 Å². The number of carbonyl (C=O) groups excluding carboxylic acids is 1. The van der Waals surface area contributed by atoms with E-state index in [0.29, 0.717) is 12.3 Å². The molecule has 0 fully saturated rings. The highest BCUT2D eigenvalue weighted by Crippen LogP contribution is 2.21. The van der Waals surface area contributed by atoms with E-state index in [-0.39, 0.29) is 12.8 Å². The molecule has 0 bridgehead atoms. The van der Waals surface area contributed by atoms with Gasteiger partial charge in [-0.1, -0.05) is 30.3 Å². The average molecular weight is 328 g/mol. The van der Waals surface area contributed by atoms with E-state index in [1.165, 1.54) is 0 Å². The molecule has 1 atom stereocenters. The lowest BCUT2D eigenvalue weighted by atomic mass is 10.1. The van der Waals surface area contributed by atoms with Crippen molar-refractivity contribution in [3.63, 3.8) is 0 Å². The Hall–Kier alpha value is -2.86. The molecule has 0 heterocycles. The molecule has 126 valence electrons. The van der Waals surface area contributed by atoms with Gasteiger partial charge in [0.1, 0.15) is 17.5 Å². The normalized spacial score (nSPS) is 11.7. The molecule has 2 rings (SSSR count). The second kappa shape index (κ2) is 8.69. The summed E-state index contributed by atoms with van der Waals surface area (Å²) in [6, 6.07) is 16.0. The third kappa shape index (κ3) is 5.73. The average Bonchev–Trinajstić information content (AvgIpc) is 2.56. The number of nitrogens with one attached hydrogen (secondary N) is 1. The summed E-state index contributed by atoms with van der Waals surface area (Å²) in [6.45, 7) is 0.376. The zero-order valence-corrected chi connectivity index (χ0v) is 13.1. The van der Waals surface area contributed by atoms with Crippen LogP contribution in [-0.4, -0.2) is 23.0 Å². The molecular weight excluding hydrogens is 308 g/mol. The first-order valence-electron chi connectivity index (χ1n) is 7.61. The molecule has 0 spiro atoms. The molecule has 1 amide bonds. The summed E-state index contributed by atoms with van der Waals surface area (Å²) in [5.41, 5.74) is 5.97. The van der Waals surface area contributed by atoms with Crippen molar-refractivity contribution in [1.82, 2.24) is 5.32 Å². The number of para-hydroxylation sites is 1. The SMILES string of the molecule is NC(=O)CC[C@H](NCc1ccc(Oc2ccccc2)cc1)C(=O)O. The van der Waals surface area contributed by atoms with E-state index in [4.69, 9.17) is 15.6 Å². The fraction of sp³-hybridized carbons (Fsp3) is 0.222. The van der Waals surface area contributed by atoms with Gasteiger partial charge in [-0.3, -0.25) is 9.59 Å². The first kappa shape index (κ1) is 17.5. The number of rotatable bonds is 9. The first-order valence-corrected chi connectivity index (χ1v) is 7.61. The van der Waals surface area contributed by atoms with E-state index in [2.05, 4.69) is 5.32 Å². The van der Waals surface area contributed by atoms with Crippen molar-refractivity contribution in [2.45, 2.75) is 25.4 Å². The van der Waals surface area contributed by atoms with E-state index < -0.39 is 17.9 Å². The Morgan fingerprint density at radius 3 is 2.25 bits per heavy atom. The maximum absolute atomic E-state index is 11.2. The van der Waals surface area contributed by atoms with E-state index in [1.807, 2.05) is 54.6 Å². The Labute approximate surface area is 140 Å². The lowest BCUT2D eigenvalue weighted by Crippen LogP contribution is -2.37. The Kier molecular flexibility index (Phi) is 6.33. The number of aliphatic carboxylic acids is 1. The van der Waals surface area contributed by atoms with Crippen molar-refractivity contribution in [3.05, 3.63) is 60.2 Å². The predicted octanol–water partition coefficient (Wildman–Crippen LogP) is 2.29. The van der Waals surface area contributed by atoms with Gasteiger partial charge in [0.05, 0.1) is 0 Å². The van der Waals surface area contributed by atoms with Crippen molar-refractivity contribution in [2.75, 3.05) is 0 Å². The van der Waals surface area contributed by atoms with Gasteiger partial charge in [0.15, 0.2) is 0 Å². The van der Waals surface area contributed by atoms with Crippen molar-refractivity contribution < 1.29 is 19.4 Å². The molecule has 0 aliphatic carbocycles. The van der Waals surface area contributed by atoms with Crippen molar-refractivity contribution in [3.8, 4) is 11.5 Å². The molecular formula is C18H20N2O4. The van der Waals surface area contributed by atoms with Gasteiger partial charge in [0.25, 0.3) is 0 Å². The van der Waals surface area contributed by atoms with Crippen LogP contribution in [-0.2, 0) is 16.1 Å². The van der Waals surface area contributed by atoms with E-state index in [0.717, 1.165) is 11.3 Å². The van der Waals surface area contributed by atoms with Crippen LogP contribution < -0.4 is 15.8 Å². The summed E-state index contributed by atoms with van der Waals surface area (Å²) in [5, 5.41) is 12.0. The summed E-state index contributed by atoms with van der Waals surface area (Å²) in [7, 11) is 0. The number of hydrogen-bond acceptors (Lipinski definition) is 4. The summed E-state index contributed by atoms with van der Waals surface area (Å²) in [5.74, 6) is -0.0556. The van der Waals surface area contributed by atoms with E-state index >= 15 is 0 Å². The van der Waals surface area contributed by atoms with Gasteiger partial charge < -0.3 is 20.9 Å². The number of carboxylic acid groups (broad SMARTS) is 1. The van der Waals surface area contributed by atoms with E-state index in [1.54, 1.807) is 0 Å². The summed E-state index contributed by atoms with van der Waals surface area (Å²) in [6.07, 6.45) is 0.202. The number of amides is 1. The molecule has 6 nitrogen and oxygen atoms in total. The second-order valence-corrected chi connectivity index (χ2v) is 5.34.